The van der Waals surface area contributed by atoms with Gasteiger partial charge in [0.05, 0.1) is 12.1 Å². The lowest BCUT2D eigenvalue weighted by Crippen LogP contribution is -2.11. The summed E-state index contributed by atoms with van der Waals surface area (Å²) >= 11 is 3.46. The summed E-state index contributed by atoms with van der Waals surface area (Å²) < 4.78 is 22.9. The van der Waals surface area contributed by atoms with Crippen molar-refractivity contribution in [3.05, 3.63) is 46.7 Å². The molecule has 6 heteroatoms. The number of halogens is 2. The van der Waals surface area contributed by atoms with Gasteiger partial charge in [-0.2, -0.15) is 5.10 Å². The lowest BCUT2D eigenvalue weighted by Gasteiger charge is -2.08. The van der Waals surface area contributed by atoms with Crippen molar-refractivity contribution < 1.29 is 9.13 Å². The third kappa shape index (κ3) is 3.44. The summed E-state index contributed by atoms with van der Waals surface area (Å²) in [6.45, 7) is 1.43. The van der Waals surface area contributed by atoms with E-state index in [-0.39, 0.29) is 5.82 Å². The van der Waals surface area contributed by atoms with E-state index in [9.17, 15) is 4.39 Å². The highest BCUT2D eigenvalue weighted by Gasteiger charge is 2.15. The molecule has 1 N–H and O–H groups in total. The van der Waals surface area contributed by atoms with Crippen molar-refractivity contribution in [2.45, 2.75) is 6.42 Å². The fourth-order valence-electron chi connectivity index (χ4n) is 2.65. The average Bonchev–Trinajstić information content (AvgIpc) is 2.88. The third-order valence-electron chi connectivity index (χ3n) is 3.85. The van der Waals surface area contributed by atoms with Crippen LogP contribution in [-0.2, 0) is 7.05 Å². The second-order valence-electron chi connectivity index (χ2n) is 5.58. The van der Waals surface area contributed by atoms with Crippen LogP contribution in [0.2, 0.25) is 0 Å². The maximum absolute atomic E-state index is 14.6. The van der Waals surface area contributed by atoms with Crippen molar-refractivity contribution in [3.63, 3.8) is 0 Å². The molecule has 0 aliphatic carbocycles. The van der Waals surface area contributed by atoms with E-state index in [1.54, 1.807) is 16.8 Å². The Morgan fingerprint density at radius 3 is 2.83 bits per heavy atom. The highest BCUT2D eigenvalue weighted by molar-refractivity contribution is 9.10. The van der Waals surface area contributed by atoms with Gasteiger partial charge < -0.3 is 10.1 Å². The Morgan fingerprint density at radius 1 is 1.25 bits per heavy atom. The molecule has 0 aliphatic rings. The number of hydrogen-bond acceptors (Lipinski definition) is 3. The lowest BCUT2D eigenvalue weighted by atomic mass is 10.1. The van der Waals surface area contributed by atoms with E-state index in [0.717, 1.165) is 28.3 Å². The van der Waals surface area contributed by atoms with Gasteiger partial charge in [0.2, 0.25) is 0 Å². The van der Waals surface area contributed by atoms with E-state index in [4.69, 9.17) is 4.74 Å². The smallest absolute Gasteiger partial charge is 0.136 e. The topological polar surface area (TPSA) is 39.1 Å². The van der Waals surface area contributed by atoms with Crippen LogP contribution in [0.25, 0.3) is 22.2 Å². The van der Waals surface area contributed by atoms with Crippen molar-refractivity contribution in [2.24, 2.45) is 7.05 Å². The molecule has 0 fully saturated rings. The van der Waals surface area contributed by atoms with E-state index in [0.29, 0.717) is 23.6 Å². The predicted octanol–water partition coefficient (Wildman–Crippen LogP) is 4.13. The van der Waals surface area contributed by atoms with Gasteiger partial charge in [0.15, 0.2) is 0 Å². The molecule has 4 nitrogen and oxygen atoms in total. The number of nitrogens with zero attached hydrogens (tertiary/aromatic N) is 2. The van der Waals surface area contributed by atoms with Crippen molar-refractivity contribution in [2.75, 3.05) is 20.2 Å². The first-order valence-electron chi connectivity index (χ1n) is 7.79. The van der Waals surface area contributed by atoms with Crippen LogP contribution in [0.5, 0.6) is 5.75 Å². The molecule has 0 radical (unpaired) electrons. The first-order chi connectivity index (χ1) is 11.6. The number of ether oxygens (including phenoxy) is 1. The van der Waals surface area contributed by atoms with Gasteiger partial charge in [-0.3, -0.25) is 4.68 Å². The summed E-state index contributed by atoms with van der Waals surface area (Å²) in [4.78, 5) is 0. The fraction of sp³-hybridized carbons (Fsp3) is 0.278. The van der Waals surface area contributed by atoms with Crippen LogP contribution in [0.3, 0.4) is 0 Å². The minimum atomic E-state index is -0.332. The summed E-state index contributed by atoms with van der Waals surface area (Å²) in [6.07, 6.45) is 0.874. The molecule has 0 bridgehead atoms. The normalized spacial score (nSPS) is 11.2. The number of hydrogen-bond donors (Lipinski definition) is 1. The van der Waals surface area contributed by atoms with E-state index < -0.39 is 0 Å². The molecule has 0 amide bonds. The van der Waals surface area contributed by atoms with Crippen LogP contribution < -0.4 is 10.1 Å². The predicted molar refractivity (Wildman–Crippen MR) is 97.8 cm³/mol. The molecular weight excluding hydrogens is 373 g/mol. The summed E-state index contributed by atoms with van der Waals surface area (Å²) in [6, 6.07) is 10.8. The zero-order chi connectivity index (χ0) is 17.1. The Morgan fingerprint density at radius 2 is 2.08 bits per heavy atom. The van der Waals surface area contributed by atoms with Gasteiger partial charge in [-0.25, -0.2) is 4.39 Å². The Labute approximate surface area is 148 Å². The molecule has 0 unspecified atom stereocenters. The van der Waals surface area contributed by atoms with Gasteiger partial charge in [0.1, 0.15) is 17.3 Å². The second kappa shape index (κ2) is 7.32. The van der Waals surface area contributed by atoms with Crippen LogP contribution in [0.15, 0.2) is 40.9 Å². The number of aryl methyl sites for hydroxylation is 1. The Bertz CT molecular complexity index is 863. The van der Waals surface area contributed by atoms with Gasteiger partial charge in [-0.15, -0.1) is 0 Å². The molecular formula is C18H19BrFN3O. The largest absolute Gasteiger partial charge is 0.493 e. The minimum absolute atomic E-state index is 0.332. The van der Waals surface area contributed by atoms with E-state index >= 15 is 0 Å². The molecule has 0 aliphatic heterocycles. The van der Waals surface area contributed by atoms with Crippen molar-refractivity contribution in [3.8, 4) is 17.0 Å². The summed E-state index contributed by atoms with van der Waals surface area (Å²) in [5.74, 6) is 0.204. The molecule has 1 aromatic heterocycles. The van der Waals surface area contributed by atoms with Gasteiger partial charge in [0.25, 0.3) is 0 Å². The summed E-state index contributed by atoms with van der Waals surface area (Å²) in [5, 5.41) is 8.45. The van der Waals surface area contributed by atoms with Crippen LogP contribution in [0, 0.1) is 5.82 Å². The Balaban J connectivity index is 1.91. The highest BCUT2D eigenvalue weighted by Crippen LogP contribution is 2.32. The molecule has 3 aromatic rings. The zero-order valence-electron chi connectivity index (χ0n) is 13.6. The van der Waals surface area contributed by atoms with Gasteiger partial charge in [-0.1, -0.05) is 15.9 Å². The van der Waals surface area contributed by atoms with Crippen molar-refractivity contribution >= 4 is 26.8 Å². The SMILES string of the molecule is CNCCCOc1ccc(-c2nn(C)c3ccc(Br)cc23)c(F)c1. The van der Waals surface area contributed by atoms with E-state index in [2.05, 4.69) is 26.3 Å². The average molecular weight is 392 g/mol. The Kier molecular flexibility index (Phi) is 5.16. The maximum Gasteiger partial charge on any atom is 0.136 e. The molecule has 0 spiro atoms. The molecule has 0 atom stereocenters. The van der Waals surface area contributed by atoms with Crippen molar-refractivity contribution in [1.82, 2.24) is 15.1 Å². The standard InChI is InChI=1S/C18H19BrFN3O/c1-21-8-3-9-24-13-5-6-14(16(20)11-13)18-15-10-12(19)4-7-17(15)23(2)22-18/h4-7,10-11,21H,3,8-9H2,1-2H3. The van der Waals surface area contributed by atoms with Crippen LogP contribution in [0.4, 0.5) is 4.39 Å². The Hall–Kier alpha value is -1.92. The van der Waals surface area contributed by atoms with Crippen LogP contribution in [-0.4, -0.2) is 30.0 Å². The van der Waals surface area contributed by atoms with Gasteiger partial charge in [-0.05, 0) is 50.3 Å². The van der Waals surface area contributed by atoms with Crippen LogP contribution in [0.1, 0.15) is 6.42 Å². The molecule has 2 aromatic carbocycles. The molecule has 1 heterocycles. The second-order valence-corrected chi connectivity index (χ2v) is 6.50. The molecule has 24 heavy (non-hydrogen) atoms. The molecule has 0 saturated heterocycles. The summed E-state index contributed by atoms with van der Waals surface area (Å²) in [5.41, 5.74) is 2.06. The maximum atomic E-state index is 14.6. The fourth-order valence-corrected chi connectivity index (χ4v) is 3.01. The van der Waals surface area contributed by atoms with E-state index in [1.165, 1.54) is 6.07 Å². The van der Waals surface area contributed by atoms with Gasteiger partial charge >= 0.3 is 0 Å². The number of benzene rings is 2. The zero-order valence-corrected chi connectivity index (χ0v) is 15.2. The monoisotopic (exact) mass is 391 g/mol. The minimum Gasteiger partial charge on any atom is -0.493 e. The first-order valence-corrected chi connectivity index (χ1v) is 8.59. The van der Waals surface area contributed by atoms with Crippen LogP contribution >= 0.6 is 15.9 Å². The summed E-state index contributed by atoms with van der Waals surface area (Å²) in [7, 11) is 3.75. The highest BCUT2D eigenvalue weighted by atomic mass is 79.9. The number of nitrogens with one attached hydrogen (secondary N) is 1. The number of rotatable bonds is 6. The number of fused-ring (bicyclic) bond motifs is 1. The van der Waals surface area contributed by atoms with Gasteiger partial charge in [0, 0.05) is 28.5 Å². The molecule has 3 rings (SSSR count). The number of aromatic nitrogens is 2. The van der Waals surface area contributed by atoms with E-state index in [1.807, 2.05) is 32.3 Å². The first kappa shape index (κ1) is 16.9. The molecule has 0 saturated carbocycles. The lowest BCUT2D eigenvalue weighted by molar-refractivity contribution is 0.308. The quantitative estimate of drug-likeness (QED) is 0.642. The third-order valence-corrected chi connectivity index (χ3v) is 4.34. The van der Waals surface area contributed by atoms with Crippen molar-refractivity contribution in [1.29, 1.82) is 0 Å². The molecule has 126 valence electrons.